The molecule has 1 saturated heterocycles. The molecule has 0 unspecified atom stereocenters. The number of aryl methyl sites for hydroxylation is 2. The molecule has 2 N–H and O–H groups in total. The van der Waals surface area contributed by atoms with Crippen molar-refractivity contribution in [2.45, 2.75) is 54.4 Å². The van der Waals surface area contributed by atoms with E-state index in [1.807, 2.05) is 68.5 Å². The maximum atomic E-state index is 12.5. The number of nitrogens with zero attached hydrogens (tertiary/aromatic N) is 7. The number of rotatable bonds is 13. The molecule has 1 heterocycles. The fourth-order valence-electron chi connectivity index (χ4n) is 6.96. The van der Waals surface area contributed by atoms with Gasteiger partial charge in [-0.2, -0.15) is 20.2 Å². The summed E-state index contributed by atoms with van der Waals surface area (Å²) in [7, 11) is 0. The molecule has 2 aliphatic rings. The molecule has 0 aromatic heterocycles. The molecule has 61 heavy (non-hydrogen) atoms. The Bertz CT molecular complexity index is 2340. The van der Waals surface area contributed by atoms with Crippen LogP contribution >= 0.6 is 0 Å². The molecule has 0 atom stereocenters. The maximum Gasteiger partial charge on any atom is 0.528 e. The van der Waals surface area contributed by atoms with Gasteiger partial charge in [0, 0.05) is 43.0 Å². The zero-order valence-corrected chi connectivity index (χ0v) is 36.1. The van der Waals surface area contributed by atoms with Crippen LogP contribution in [0.4, 0.5) is 4.79 Å². The number of hydrogen-bond acceptors (Lipinski definition) is 5. The second-order valence-electron chi connectivity index (χ2n) is 14.1. The van der Waals surface area contributed by atoms with E-state index in [-0.39, 0.29) is 34.2 Å². The predicted molar refractivity (Wildman–Crippen MR) is 241 cm³/mol. The molecule has 1 aliphatic heterocycles. The minimum Gasteiger partial charge on any atom is -0.763 e. The molecule has 310 valence electrons. The number of amides is 1. The van der Waals surface area contributed by atoms with Crippen molar-refractivity contribution >= 4 is 23.1 Å². The number of allylic oxidation sites excluding steroid dienone is 13. The number of nitriles is 2. The van der Waals surface area contributed by atoms with Crippen LogP contribution < -0.4 is 10.2 Å². The van der Waals surface area contributed by atoms with Gasteiger partial charge in [-0.1, -0.05) is 89.2 Å². The first-order chi connectivity index (χ1) is 29.6. The minimum atomic E-state index is -0.350. The number of nitrogens with one attached hydrogen (secondary N) is 2. The molecule has 2 aromatic rings. The van der Waals surface area contributed by atoms with E-state index in [2.05, 4.69) is 53.4 Å². The maximum absolute atomic E-state index is 12.5. The highest BCUT2D eigenvalue weighted by atomic mass is 16.6. The van der Waals surface area contributed by atoms with Gasteiger partial charge in [-0.05, 0) is 88.8 Å². The molecular formula is C50H54N9O2+. The molecule has 1 aliphatic carbocycles. The summed E-state index contributed by atoms with van der Waals surface area (Å²) in [5.41, 5.74) is 7.19. The zero-order valence-electron chi connectivity index (χ0n) is 36.1. The van der Waals surface area contributed by atoms with Gasteiger partial charge in [-0.15, -0.1) is 0 Å². The molecule has 0 bridgehead atoms. The van der Waals surface area contributed by atoms with E-state index in [0.717, 1.165) is 28.0 Å². The average Bonchev–Trinajstić information content (AvgIpc) is 3.69. The highest BCUT2D eigenvalue weighted by Gasteiger charge is 2.28. The van der Waals surface area contributed by atoms with Gasteiger partial charge in [0.2, 0.25) is 0 Å². The van der Waals surface area contributed by atoms with Gasteiger partial charge < -0.3 is 24.8 Å². The molecule has 4 rings (SSSR count). The zero-order chi connectivity index (χ0) is 44.7. The van der Waals surface area contributed by atoms with Gasteiger partial charge in [0.05, 0.1) is 43.5 Å². The number of ether oxygens (including phenoxy) is 1. The van der Waals surface area contributed by atoms with Gasteiger partial charge in [0.25, 0.3) is 0 Å². The summed E-state index contributed by atoms with van der Waals surface area (Å²) < 4.78 is 5.22. The minimum absolute atomic E-state index is 0.0499. The number of hydrogen-bond donors (Lipinski definition) is 2. The SMILES string of the molecule is CC[NH+](CC)CC.[C-]#[N+]C([N+]#[C-])=C(/C(C#N)=C/C=C/C1=C(N2CCN(C(=O)OCC)CC2)C(=C/C=C/C(=C=[N-])C(=C(C#N)C#[NH+])c2ccc(C)cc2)CC1)c1ccc(C)cc1. The lowest BCUT2D eigenvalue weighted by molar-refractivity contribution is -0.894. The Morgan fingerprint density at radius 2 is 1.44 bits per heavy atom. The third-order valence-corrected chi connectivity index (χ3v) is 10.4. The normalized spacial score (nSPS) is 14.9. The van der Waals surface area contributed by atoms with Crippen molar-refractivity contribution in [2.24, 2.45) is 0 Å². The molecule has 0 spiro atoms. The molecule has 0 radical (unpaired) electrons. The Kier molecular flexibility index (Phi) is 19.7. The molecule has 0 saturated carbocycles. The first-order valence-electron chi connectivity index (χ1n) is 20.5. The van der Waals surface area contributed by atoms with Crippen LogP contribution in [0.1, 0.15) is 62.8 Å². The highest BCUT2D eigenvalue weighted by molar-refractivity contribution is 5.96. The lowest BCUT2D eigenvalue weighted by atomic mass is 9.93. The van der Waals surface area contributed by atoms with Crippen molar-refractivity contribution in [1.29, 1.82) is 10.5 Å². The number of benzene rings is 2. The van der Waals surface area contributed by atoms with E-state index in [1.165, 1.54) is 19.6 Å². The van der Waals surface area contributed by atoms with Crippen LogP contribution in [0.5, 0.6) is 0 Å². The Balaban J connectivity index is 0.00000130. The topological polar surface area (TPSA) is 140 Å². The summed E-state index contributed by atoms with van der Waals surface area (Å²) in [5.74, 6) is 2.01. The van der Waals surface area contributed by atoms with Crippen LogP contribution in [-0.4, -0.2) is 74.2 Å². The van der Waals surface area contributed by atoms with Crippen LogP contribution in [-0.2, 0) is 4.74 Å². The van der Waals surface area contributed by atoms with Crippen molar-refractivity contribution in [1.82, 2.24) is 9.80 Å². The lowest BCUT2D eigenvalue weighted by Crippen LogP contribution is -3.11. The van der Waals surface area contributed by atoms with E-state index in [1.54, 1.807) is 53.2 Å². The molecule has 11 heteroatoms. The fourth-order valence-corrected chi connectivity index (χ4v) is 6.96. The van der Waals surface area contributed by atoms with Gasteiger partial charge in [0.1, 0.15) is 19.2 Å². The Morgan fingerprint density at radius 1 is 0.869 bits per heavy atom. The third kappa shape index (κ3) is 13.3. The summed E-state index contributed by atoms with van der Waals surface area (Å²) >= 11 is 0. The predicted octanol–water partition coefficient (Wildman–Crippen LogP) is 6.97. The van der Waals surface area contributed by atoms with Gasteiger partial charge in [-0.25, -0.2) is 4.79 Å². The Hall–Kier alpha value is -7.45. The van der Waals surface area contributed by atoms with E-state index in [4.69, 9.17) is 23.1 Å². The van der Waals surface area contributed by atoms with Crippen molar-refractivity contribution in [3.8, 4) is 18.2 Å². The fraction of sp³-hybridized carbons (Fsp3) is 0.320. The molecular weight excluding hydrogens is 759 g/mol. The van der Waals surface area contributed by atoms with E-state index in [9.17, 15) is 20.7 Å². The van der Waals surface area contributed by atoms with Crippen molar-refractivity contribution in [3.05, 3.63) is 175 Å². The van der Waals surface area contributed by atoms with Crippen LogP contribution in [0.25, 0.3) is 26.2 Å². The molecule has 1 fully saturated rings. The Labute approximate surface area is 361 Å². The number of piperazine rings is 1. The molecule has 1 amide bonds. The van der Waals surface area contributed by atoms with Crippen LogP contribution in [0.15, 0.2) is 124 Å². The number of carbonyl (C=O) groups is 1. The van der Waals surface area contributed by atoms with Crippen LogP contribution in [0, 0.1) is 55.7 Å². The summed E-state index contributed by atoms with van der Waals surface area (Å²) in [5, 5.41) is 37.8. The van der Waals surface area contributed by atoms with Crippen LogP contribution in [0.2, 0.25) is 0 Å². The average molecular weight is 813 g/mol. The summed E-state index contributed by atoms with van der Waals surface area (Å²) in [4.78, 5) is 24.9. The lowest BCUT2D eigenvalue weighted by Gasteiger charge is -2.37. The second-order valence-corrected chi connectivity index (χ2v) is 14.1. The quantitative estimate of drug-likeness (QED) is 0.0974. The molecule has 2 aromatic carbocycles. The monoisotopic (exact) mass is 812 g/mol. The third-order valence-electron chi connectivity index (χ3n) is 10.4. The highest BCUT2D eigenvalue weighted by Crippen LogP contribution is 2.36. The first-order valence-corrected chi connectivity index (χ1v) is 20.5. The smallest absolute Gasteiger partial charge is 0.528 e. The van der Waals surface area contributed by atoms with Gasteiger partial charge in [-0.3, -0.25) is 5.87 Å². The summed E-state index contributed by atoms with van der Waals surface area (Å²) in [6, 6.07) is 21.1. The first kappa shape index (κ1) is 47.9. The van der Waals surface area contributed by atoms with E-state index >= 15 is 0 Å². The summed E-state index contributed by atoms with van der Waals surface area (Å²) in [6.07, 6.45) is 11.7. The standard InChI is InChI=1S/C44H37N8O2.C6H15N/c1-6-54-44(53)52-25-23-51(24-26-52)42-35(9-7-11-37(27-45)40(39(29-47)30-48)33-17-13-31(2)14-18-33)21-22-36(42)10-8-12-38(28-46)41(43(49-4)50-5)34-19-15-32(3)16-20-34;1-4-7(5-2)6-3/h7-20H,6,21-26H2,1-3H3;4-6H2,1-3H3/q-1;/p+2/b10-8+,11-7+,35-9?,38-12+;. The molecule has 11 nitrogen and oxygen atoms in total. The van der Waals surface area contributed by atoms with Crippen molar-refractivity contribution in [3.63, 3.8) is 0 Å². The summed E-state index contributed by atoms with van der Waals surface area (Å²) in [6.45, 7) is 33.7. The van der Waals surface area contributed by atoms with E-state index < -0.39 is 0 Å². The van der Waals surface area contributed by atoms with E-state index in [0.29, 0.717) is 62.3 Å². The van der Waals surface area contributed by atoms with Gasteiger partial charge in [0.15, 0.2) is 5.57 Å². The van der Waals surface area contributed by atoms with Crippen molar-refractivity contribution in [2.75, 3.05) is 52.4 Å². The number of carbonyl (C=O) groups excluding carboxylic acids is 1. The Morgan fingerprint density at radius 3 is 1.90 bits per heavy atom. The van der Waals surface area contributed by atoms with Crippen molar-refractivity contribution < 1.29 is 19.7 Å². The second kappa shape index (κ2) is 25.1. The van der Waals surface area contributed by atoms with Gasteiger partial charge >= 0.3 is 18.0 Å². The largest absolute Gasteiger partial charge is 0.763 e. The van der Waals surface area contributed by atoms with Crippen LogP contribution in [0.3, 0.4) is 0 Å². The number of quaternary nitrogens is 1.